The van der Waals surface area contributed by atoms with Crippen molar-refractivity contribution in [3.8, 4) is 11.3 Å². The van der Waals surface area contributed by atoms with E-state index in [4.69, 9.17) is 4.52 Å². The van der Waals surface area contributed by atoms with Crippen molar-refractivity contribution >= 4 is 0 Å². The van der Waals surface area contributed by atoms with Crippen molar-refractivity contribution in [2.45, 2.75) is 46.7 Å². The summed E-state index contributed by atoms with van der Waals surface area (Å²) in [7, 11) is 0. The van der Waals surface area contributed by atoms with Crippen LogP contribution in [0.3, 0.4) is 0 Å². The van der Waals surface area contributed by atoms with E-state index in [1.165, 1.54) is 11.1 Å². The Kier molecular flexibility index (Phi) is 3.76. The molecule has 3 heteroatoms. The van der Waals surface area contributed by atoms with Crippen LogP contribution in [0.4, 0.5) is 0 Å². The van der Waals surface area contributed by atoms with Gasteiger partial charge in [-0.05, 0) is 46.2 Å². The molecule has 2 rings (SSSR count). The number of nitrogens with one attached hydrogen (secondary N) is 1. The van der Waals surface area contributed by atoms with Crippen molar-refractivity contribution in [3.05, 3.63) is 41.1 Å². The van der Waals surface area contributed by atoms with Crippen LogP contribution in [0.25, 0.3) is 11.3 Å². The summed E-state index contributed by atoms with van der Waals surface area (Å²) >= 11 is 0. The second-order valence-corrected chi connectivity index (χ2v) is 6.10. The van der Waals surface area contributed by atoms with Gasteiger partial charge in [-0.2, -0.15) is 0 Å². The Labute approximate surface area is 115 Å². The van der Waals surface area contributed by atoms with E-state index in [1.807, 2.05) is 0 Å². The van der Waals surface area contributed by atoms with Gasteiger partial charge in [0.15, 0.2) is 5.76 Å². The van der Waals surface area contributed by atoms with Gasteiger partial charge in [0.1, 0.15) is 0 Å². The molecule has 1 aromatic carbocycles. The Morgan fingerprint density at radius 2 is 1.95 bits per heavy atom. The predicted octanol–water partition coefficient (Wildman–Crippen LogP) is 3.85. The van der Waals surface area contributed by atoms with Crippen LogP contribution < -0.4 is 5.32 Å². The predicted molar refractivity (Wildman–Crippen MR) is 78.0 cm³/mol. The first-order valence-corrected chi connectivity index (χ1v) is 6.63. The lowest BCUT2D eigenvalue weighted by Crippen LogP contribution is -2.35. The molecule has 0 aliphatic rings. The molecule has 0 spiro atoms. The zero-order valence-electron chi connectivity index (χ0n) is 12.4. The van der Waals surface area contributed by atoms with Gasteiger partial charge >= 0.3 is 0 Å². The van der Waals surface area contributed by atoms with E-state index < -0.39 is 0 Å². The molecule has 102 valence electrons. The Morgan fingerprint density at radius 1 is 1.21 bits per heavy atom. The Hall–Kier alpha value is -1.61. The highest BCUT2D eigenvalue weighted by Crippen LogP contribution is 2.28. The second-order valence-electron chi connectivity index (χ2n) is 6.10. The molecular weight excluding hydrogens is 236 g/mol. The average molecular weight is 258 g/mol. The van der Waals surface area contributed by atoms with Crippen molar-refractivity contribution in [2.24, 2.45) is 0 Å². The highest BCUT2D eigenvalue weighted by Gasteiger charge is 2.15. The number of hydrogen-bond acceptors (Lipinski definition) is 3. The molecule has 0 bridgehead atoms. The van der Waals surface area contributed by atoms with Crippen molar-refractivity contribution in [2.75, 3.05) is 0 Å². The summed E-state index contributed by atoms with van der Waals surface area (Å²) in [5, 5.41) is 7.42. The molecule has 1 N–H and O–H groups in total. The Balaban J connectivity index is 2.31. The lowest BCUT2D eigenvalue weighted by Gasteiger charge is -2.20. The van der Waals surface area contributed by atoms with Crippen LogP contribution in [0.15, 0.2) is 28.9 Å². The lowest BCUT2D eigenvalue weighted by atomic mass is 10.0. The van der Waals surface area contributed by atoms with E-state index in [0.29, 0.717) is 0 Å². The largest absolute Gasteiger partial charge is 0.356 e. The minimum absolute atomic E-state index is 0.0796. The molecule has 2 aromatic rings. The fourth-order valence-electron chi connectivity index (χ4n) is 1.95. The summed E-state index contributed by atoms with van der Waals surface area (Å²) in [5.74, 6) is 0.873. The highest BCUT2D eigenvalue weighted by atomic mass is 16.5. The monoisotopic (exact) mass is 258 g/mol. The van der Waals surface area contributed by atoms with Gasteiger partial charge in [-0.15, -0.1) is 0 Å². The third-order valence-electron chi connectivity index (χ3n) is 3.09. The molecule has 0 amide bonds. The summed E-state index contributed by atoms with van der Waals surface area (Å²) in [6, 6.07) is 6.38. The third kappa shape index (κ3) is 3.44. The molecule has 3 nitrogen and oxygen atoms in total. The molecule has 0 aliphatic carbocycles. The molecule has 0 unspecified atom stereocenters. The molecule has 1 aromatic heterocycles. The van der Waals surface area contributed by atoms with E-state index in [0.717, 1.165) is 23.4 Å². The average Bonchev–Trinajstić information content (AvgIpc) is 2.77. The van der Waals surface area contributed by atoms with Gasteiger partial charge in [0.2, 0.25) is 0 Å². The number of hydrogen-bond donors (Lipinski definition) is 1. The minimum Gasteiger partial charge on any atom is -0.356 e. The van der Waals surface area contributed by atoms with Crippen molar-refractivity contribution < 1.29 is 4.52 Å². The molecule has 0 radical (unpaired) electrons. The van der Waals surface area contributed by atoms with Crippen LogP contribution in [0.2, 0.25) is 0 Å². The van der Waals surface area contributed by atoms with Gasteiger partial charge in [-0.3, -0.25) is 0 Å². The van der Waals surface area contributed by atoms with E-state index in [9.17, 15) is 0 Å². The minimum atomic E-state index is 0.0796. The van der Waals surface area contributed by atoms with Crippen LogP contribution in [0.5, 0.6) is 0 Å². The summed E-state index contributed by atoms with van der Waals surface area (Å²) in [6.07, 6.45) is 1.80. The number of rotatable bonds is 3. The number of aryl methyl sites for hydroxylation is 2. The molecular formula is C16H22N2O. The van der Waals surface area contributed by atoms with E-state index in [-0.39, 0.29) is 5.54 Å². The van der Waals surface area contributed by atoms with Crippen LogP contribution in [0.1, 0.15) is 37.5 Å². The first-order chi connectivity index (χ1) is 8.87. The van der Waals surface area contributed by atoms with Crippen LogP contribution >= 0.6 is 0 Å². The van der Waals surface area contributed by atoms with Gasteiger partial charge < -0.3 is 9.84 Å². The summed E-state index contributed by atoms with van der Waals surface area (Å²) in [4.78, 5) is 0. The molecule has 0 aliphatic heterocycles. The number of benzene rings is 1. The van der Waals surface area contributed by atoms with Crippen molar-refractivity contribution in [1.29, 1.82) is 0 Å². The molecule has 1 heterocycles. The smallest absolute Gasteiger partial charge is 0.171 e. The SMILES string of the molecule is Cc1ccc(C)c(-c2oncc2CNC(C)(C)C)c1. The second kappa shape index (κ2) is 5.17. The first-order valence-electron chi connectivity index (χ1n) is 6.63. The maximum atomic E-state index is 5.46. The maximum Gasteiger partial charge on any atom is 0.171 e. The van der Waals surface area contributed by atoms with Gasteiger partial charge in [0.25, 0.3) is 0 Å². The molecule has 0 fully saturated rings. The molecule has 19 heavy (non-hydrogen) atoms. The van der Waals surface area contributed by atoms with Gasteiger partial charge in [0, 0.05) is 23.2 Å². The van der Waals surface area contributed by atoms with Gasteiger partial charge in [-0.25, -0.2) is 0 Å². The van der Waals surface area contributed by atoms with Crippen molar-refractivity contribution in [1.82, 2.24) is 10.5 Å². The zero-order valence-corrected chi connectivity index (χ0v) is 12.4. The number of nitrogens with zero attached hydrogens (tertiary/aromatic N) is 1. The fourth-order valence-corrected chi connectivity index (χ4v) is 1.95. The first kappa shape index (κ1) is 13.8. The third-order valence-corrected chi connectivity index (χ3v) is 3.09. The van der Waals surface area contributed by atoms with Crippen LogP contribution in [-0.2, 0) is 6.54 Å². The summed E-state index contributed by atoms with van der Waals surface area (Å²) in [5.41, 5.74) is 4.74. The van der Waals surface area contributed by atoms with E-state index >= 15 is 0 Å². The van der Waals surface area contributed by atoms with Crippen LogP contribution in [-0.4, -0.2) is 10.7 Å². The summed E-state index contributed by atoms with van der Waals surface area (Å²) < 4.78 is 5.46. The maximum absolute atomic E-state index is 5.46. The summed E-state index contributed by atoms with van der Waals surface area (Å²) in [6.45, 7) is 11.4. The molecule has 0 atom stereocenters. The lowest BCUT2D eigenvalue weighted by molar-refractivity contribution is 0.418. The Bertz CT molecular complexity index is 564. The molecule has 0 saturated heterocycles. The zero-order chi connectivity index (χ0) is 14.0. The van der Waals surface area contributed by atoms with Gasteiger partial charge in [0.05, 0.1) is 6.20 Å². The fraction of sp³-hybridized carbons (Fsp3) is 0.438. The van der Waals surface area contributed by atoms with E-state index in [1.54, 1.807) is 6.20 Å². The standard InChI is InChI=1S/C16H22N2O/c1-11-6-7-12(2)14(8-11)15-13(10-18-19-15)9-17-16(3,4)5/h6-8,10,17H,9H2,1-5H3. The normalized spacial score (nSPS) is 11.8. The van der Waals surface area contributed by atoms with Crippen molar-refractivity contribution in [3.63, 3.8) is 0 Å². The van der Waals surface area contributed by atoms with Crippen LogP contribution in [0, 0.1) is 13.8 Å². The van der Waals surface area contributed by atoms with E-state index in [2.05, 4.69) is 63.3 Å². The topological polar surface area (TPSA) is 38.1 Å². The Morgan fingerprint density at radius 3 is 2.63 bits per heavy atom. The molecule has 0 saturated carbocycles. The highest BCUT2D eigenvalue weighted by molar-refractivity contribution is 5.65. The van der Waals surface area contributed by atoms with Gasteiger partial charge in [-0.1, -0.05) is 22.9 Å². The quantitative estimate of drug-likeness (QED) is 0.908. The number of aromatic nitrogens is 1.